The highest BCUT2D eigenvalue weighted by atomic mass is 16.5. The van der Waals surface area contributed by atoms with E-state index in [0.717, 1.165) is 30.6 Å². The van der Waals surface area contributed by atoms with Gasteiger partial charge in [0.1, 0.15) is 17.5 Å². The molecule has 1 unspecified atom stereocenters. The minimum atomic E-state index is -0.368. The Labute approximate surface area is 160 Å². The third-order valence-corrected chi connectivity index (χ3v) is 4.69. The average Bonchev–Trinajstić information content (AvgIpc) is 3.14. The summed E-state index contributed by atoms with van der Waals surface area (Å²) in [5.74, 6) is 1.43. The SMILES string of the molecule is CCCC(=O)N1CCCC1C(=O)Nc1ccc(Oc2cccc(C)c2)cc1. The van der Waals surface area contributed by atoms with Gasteiger partial charge in [-0.25, -0.2) is 0 Å². The molecule has 1 fully saturated rings. The second-order valence-corrected chi connectivity index (χ2v) is 6.93. The molecule has 0 aromatic heterocycles. The molecule has 5 heteroatoms. The van der Waals surface area contributed by atoms with Crippen molar-refractivity contribution in [2.45, 2.75) is 45.6 Å². The highest BCUT2D eigenvalue weighted by Crippen LogP contribution is 2.25. The number of hydrogen-bond acceptors (Lipinski definition) is 3. The van der Waals surface area contributed by atoms with Crippen LogP contribution in [0.4, 0.5) is 5.69 Å². The van der Waals surface area contributed by atoms with Crippen molar-refractivity contribution in [2.24, 2.45) is 0 Å². The van der Waals surface area contributed by atoms with E-state index in [1.54, 1.807) is 4.90 Å². The van der Waals surface area contributed by atoms with Crippen molar-refractivity contribution >= 4 is 17.5 Å². The van der Waals surface area contributed by atoms with Gasteiger partial charge in [0.15, 0.2) is 0 Å². The van der Waals surface area contributed by atoms with Crippen LogP contribution in [-0.4, -0.2) is 29.3 Å². The molecule has 1 aliphatic rings. The van der Waals surface area contributed by atoms with Crippen molar-refractivity contribution in [3.8, 4) is 11.5 Å². The lowest BCUT2D eigenvalue weighted by molar-refractivity contribution is -0.136. The number of nitrogens with zero attached hydrogens (tertiary/aromatic N) is 1. The molecule has 0 radical (unpaired) electrons. The molecule has 0 bridgehead atoms. The number of carbonyl (C=O) groups excluding carboxylic acids is 2. The van der Waals surface area contributed by atoms with Gasteiger partial charge in [-0.15, -0.1) is 0 Å². The number of hydrogen-bond donors (Lipinski definition) is 1. The zero-order valence-electron chi connectivity index (χ0n) is 15.9. The maximum atomic E-state index is 12.6. The van der Waals surface area contributed by atoms with Crippen LogP contribution < -0.4 is 10.1 Å². The van der Waals surface area contributed by atoms with Crippen LogP contribution in [0.15, 0.2) is 48.5 Å². The number of benzene rings is 2. The molecule has 142 valence electrons. The van der Waals surface area contributed by atoms with E-state index in [-0.39, 0.29) is 17.9 Å². The van der Waals surface area contributed by atoms with Crippen LogP contribution >= 0.6 is 0 Å². The number of anilines is 1. The van der Waals surface area contributed by atoms with Gasteiger partial charge >= 0.3 is 0 Å². The molecule has 2 aromatic rings. The predicted molar refractivity (Wildman–Crippen MR) is 106 cm³/mol. The van der Waals surface area contributed by atoms with Crippen molar-refractivity contribution in [3.05, 3.63) is 54.1 Å². The van der Waals surface area contributed by atoms with E-state index in [0.29, 0.717) is 24.4 Å². The van der Waals surface area contributed by atoms with Crippen LogP contribution in [0.25, 0.3) is 0 Å². The van der Waals surface area contributed by atoms with Gasteiger partial charge in [0, 0.05) is 18.7 Å². The van der Waals surface area contributed by atoms with Gasteiger partial charge in [0.2, 0.25) is 11.8 Å². The Morgan fingerprint density at radius 3 is 2.63 bits per heavy atom. The summed E-state index contributed by atoms with van der Waals surface area (Å²) in [6.45, 7) is 4.66. The van der Waals surface area contributed by atoms with Crippen molar-refractivity contribution in [1.29, 1.82) is 0 Å². The van der Waals surface area contributed by atoms with Gasteiger partial charge in [-0.2, -0.15) is 0 Å². The standard InChI is InChI=1S/C22H26N2O3/c1-3-6-21(25)24-14-5-9-20(24)22(26)23-17-10-12-18(13-11-17)27-19-8-4-7-16(2)15-19/h4,7-8,10-13,15,20H,3,5-6,9,14H2,1-2H3,(H,23,26). The van der Waals surface area contributed by atoms with Crippen LogP contribution in [0.2, 0.25) is 0 Å². The Bertz CT molecular complexity index is 801. The lowest BCUT2D eigenvalue weighted by Crippen LogP contribution is -2.43. The number of nitrogens with one attached hydrogen (secondary N) is 1. The average molecular weight is 366 g/mol. The highest BCUT2D eigenvalue weighted by molar-refractivity contribution is 5.97. The van der Waals surface area contributed by atoms with Crippen molar-refractivity contribution in [1.82, 2.24) is 4.90 Å². The Balaban J connectivity index is 1.60. The molecule has 3 rings (SSSR count). The fourth-order valence-electron chi connectivity index (χ4n) is 3.34. The summed E-state index contributed by atoms with van der Waals surface area (Å²) in [7, 11) is 0. The molecule has 1 heterocycles. The first-order valence-electron chi connectivity index (χ1n) is 9.51. The molecule has 1 saturated heterocycles. The third kappa shape index (κ3) is 4.88. The molecule has 0 saturated carbocycles. The summed E-state index contributed by atoms with van der Waals surface area (Å²) in [6.07, 6.45) is 2.88. The smallest absolute Gasteiger partial charge is 0.247 e. The minimum Gasteiger partial charge on any atom is -0.457 e. The topological polar surface area (TPSA) is 58.6 Å². The maximum absolute atomic E-state index is 12.6. The van der Waals surface area contributed by atoms with Gasteiger partial charge in [-0.05, 0) is 68.1 Å². The van der Waals surface area contributed by atoms with Crippen LogP contribution in [-0.2, 0) is 9.59 Å². The Kier molecular flexibility index (Phi) is 6.12. The monoisotopic (exact) mass is 366 g/mol. The second kappa shape index (κ2) is 8.71. The molecular weight excluding hydrogens is 340 g/mol. The van der Waals surface area contributed by atoms with Gasteiger partial charge in [-0.3, -0.25) is 9.59 Å². The minimum absolute atomic E-state index is 0.0667. The fourth-order valence-corrected chi connectivity index (χ4v) is 3.34. The fraction of sp³-hybridized carbons (Fsp3) is 0.364. The first-order valence-corrected chi connectivity index (χ1v) is 9.51. The Morgan fingerprint density at radius 1 is 1.15 bits per heavy atom. The summed E-state index contributed by atoms with van der Waals surface area (Å²) in [6, 6.07) is 14.8. The molecule has 2 amide bonds. The van der Waals surface area contributed by atoms with Crippen molar-refractivity contribution < 1.29 is 14.3 Å². The lowest BCUT2D eigenvalue weighted by atomic mass is 10.2. The van der Waals surface area contributed by atoms with Gasteiger partial charge < -0.3 is 15.0 Å². The predicted octanol–water partition coefficient (Wildman–Crippen LogP) is 4.52. The van der Waals surface area contributed by atoms with E-state index in [9.17, 15) is 9.59 Å². The highest BCUT2D eigenvalue weighted by Gasteiger charge is 2.33. The molecule has 0 aliphatic carbocycles. The molecule has 27 heavy (non-hydrogen) atoms. The van der Waals surface area contributed by atoms with Gasteiger partial charge in [-0.1, -0.05) is 19.1 Å². The largest absolute Gasteiger partial charge is 0.457 e. The maximum Gasteiger partial charge on any atom is 0.247 e. The number of aryl methyl sites for hydroxylation is 1. The van der Waals surface area contributed by atoms with Gasteiger partial charge in [0.05, 0.1) is 0 Å². The summed E-state index contributed by atoms with van der Waals surface area (Å²) < 4.78 is 5.83. The molecular formula is C22H26N2O3. The lowest BCUT2D eigenvalue weighted by Gasteiger charge is -2.24. The van der Waals surface area contributed by atoms with Crippen molar-refractivity contribution in [3.63, 3.8) is 0 Å². The van der Waals surface area contributed by atoms with Gasteiger partial charge in [0.25, 0.3) is 0 Å². The number of amides is 2. The van der Waals surface area contributed by atoms with Crippen LogP contribution in [0, 0.1) is 6.92 Å². The molecule has 0 spiro atoms. The summed E-state index contributed by atoms with van der Waals surface area (Å²) in [5.41, 5.74) is 1.83. The number of carbonyl (C=O) groups is 2. The second-order valence-electron chi connectivity index (χ2n) is 6.93. The molecule has 1 aliphatic heterocycles. The van der Waals surface area contributed by atoms with Crippen molar-refractivity contribution in [2.75, 3.05) is 11.9 Å². The third-order valence-electron chi connectivity index (χ3n) is 4.69. The van der Waals surface area contributed by atoms with Crippen LogP contribution in [0.1, 0.15) is 38.2 Å². The molecule has 1 atom stereocenters. The zero-order chi connectivity index (χ0) is 19.2. The summed E-state index contributed by atoms with van der Waals surface area (Å²) in [5, 5.41) is 2.92. The van der Waals surface area contributed by atoms with E-state index < -0.39 is 0 Å². The Morgan fingerprint density at radius 2 is 1.93 bits per heavy atom. The first-order chi connectivity index (χ1) is 13.1. The van der Waals surface area contributed by atoms with E-state index >= 15 is 0 Å². The van der Waals surface area contributed by atoms with E-state index in [1.807, 2.05) is 62.4 Å². The van der Waals surface area contributed by atoms with E-state index in [4.69, 9.17) is 4.74 Å². The van der Waals surface area contributed by atoms with E-state index in [2.05, 4.69) is 5.32 Å². The zero-order valence-corrected chi connectivity index (χ0v) is 15.9. The number of likely N-dealkylation sites (tertiary alicyclic amines) is 1. The summed E-state index contributed by atoms with van der Waals surface area (Å²) >= 11 is 0. The van der Waals surface area contributed by atoms with Crippen LogP contribution in [0.3, 0.4) is 0 Å². The normalized spacial score (nSPS) is 16.2. The molecule has 1 N–H and O–H groups in total. The number of ether oxygens (including phenoxy) is 1. The number of rotatable bonds is 6. The first kappa shape index (κ1) is 19.0. The quantitative estimate of drug-likeness (QED) is 0.818. The Hall–Kier alpha value is -2.82. The summed E-state index contributed by atoms with van der Waals surface area (Å²) in [4.78, 5) is 26.5. The van der Waals surface area contributed by atoms with E-state index in [1.165, 1.54) is 0 Å². The van der Waals surface area contributed by atoms with Crippen LogP contribution in [0.5, 0.6) is 11.5 Å². The molecule has 5 nitrogen and oxygen atoms in total. The molecule has 2 aromatic carbocycles.